The molecule has 10 nitrogen and oxygen atoms in total. The maximum Gasteiger partial charge on any atom is 0.408 e. The minimum atomic E-state index is -1.38. The minimum absolute atomic E-state index is 0.205. The van der Waals surface area contributed by atoms with Crippen LogP contribution in [0.3, 0.4) is 0 Å². The molecule has 4 rings (SSSR count). The molecule has 3 amide bonds. The SMILES string of the molecule is CC(C)(C)OC(=O)NC(C)(C)C(=O)NC(Cc1c[nH]c2ccccc12)C(=O)N1CCC(C(=O)O)(c2ccccc2)CC1. The van der Waals surface area contributed by atoms with Crippen LogP contribution >= 0.6 is 0 Å². The molecule has 1 unspecified atom stereocenters. The van der Waals surface area contributed by atoms with E-state index in [2.05, 4.69) is 15.6 Å². The number of carboxylic acid groups (broad SMARTS) is 1. The van der Waals surface area contributed by atoms with Crippen LogP contribution in [0.25, 0.3) is 10.9 Å². The molecule has 0 spiro atoms. The van der Waals surface area contributed by atoms with Gasteiger partial charge in [-0.2, -0.15) is 0 Å². The van der Waals surface area contributed by atoms with Gasteiger partial charge in [-0.05, 0) is 64.7 Å². The van der Waals surface area contributed by atoms with E-state index in [1.165, 1.54) is 0 Å². The number of hydrogen-bond acceptors (Lipinski definition) is 5. The molecule has 2 heterocycles. The van der Waals surface area contributed by atoms with Crippen LogP contribution in [0, 0.1) is 0 Å². The number of carbonyl (C=O) groups is 4. The Morgan fingerprint density at radius 1 is 0.976 bits per heavy atom. The number of para-hydroxylation sites is 1. The van der Waals surface area contributed by atoms with E-state index in [0.717, 1.165) is 16.5 Å². The molecule has 0 saturated carbocycles. The van der Waals surface area contributed by atoms with E-state index in [4.69, 9.17) is 4.74 Å². The number of fused-ring (bicyclic) bond motifs is 1. The fourth-order valence-corrected chi connectivity index (χ4v) is 5.39. The van der Waals surface area contributed by atoms with Gasteiger partial charge in [0.1, 0.15) is 17.2 Å². The van der Waals surface area contributed by atoms with Crippen LogP contribution in [0.15, 0.2) is 60.8 Å². The van der Waals surface area contributed by atoms with Crippen molar-refractivity contribution < 1.29 is 29.0 Å². The van der Waals surface area contributed by atoms with Crippen molar-refractivity contribution in [1.82, 2.24) is 20.5 Å². The van der Waals surface area contributed by atoms with Gasteiger partial charge >= 0.3 is 12.1 Å². The van der Waals surface area contributed by atoms with Gasteiger partial charge in [0.15, 0.2) is 0 Å². The number of aromatic amines is 1. The second-order valence-corrected chi connectivity index (χ2v) is 12.4. The average Bonchev–Trinajstić information content (AvgIpc) is 3.34. The maximum atomic E-state index is 14.0. The van der Waals surface area contributed by atoms with Crippen LogP contribution in [-0.2, 0) is 31.0 Å². The Labute approximate surface area is 245 Å². The lowest BCUT2D eigenvalue weighted by Crippen LogP contribution is -2.61. The van der Waals surface area contributed by atoms with Crippen molar-refractivity contribution in [3.05, 3.63) is 71.9 Å². The number of nitrogens with zero attached hydrogens (tertiary/aromatic N) is 1. The Balaban J connectivity index is 1.56. The van der Waals surface area contributed by atoms with Crippen molar-refractivity contribution in [3.63, 3.8) is 0 Å². The van der Waals surface area contributed by atoms with Gasteiger partial charge in [0.05, 0.1) is 5.41 Å². The smallest absolute Gasteiger partial charge is 0.408 e. The van der Waals surface area contributed by atoms with Gasteiger partial charge in [-0.1, -0.05) is 48.5 Å². The van der Waals surface area contributed by atoms with Gasteiger partial charge in [-0.3, -0.25) is 14.4 Å². The number of carboxylic acids is 1. The molecule has 3 aromatic rings. The third-order valence-electron chi connectivity index (χ3n) is 7.75. The summed E-state index contributed by atoms with van der Waals surface area (Å²) in [4.78, 5) is 57.2. The molecule has 1 fully saturated rings. The first kappa shape index (κ1) is 30.6. The van der Waals surface area contributed by atoms with Crippen LogP contribution in [0.2, 0.25) is 0 Å². The van der Waals surface area contributed by atoms with E-state index >= 15 is 0 Å². The monoisotopic (exact) mass is 576 g/mol. The van der Waals surface area contributed by atoms with Gasteiger partial charge in [0, 0.05) is 36.6 Å². The molecule has 0 bridgehead atoms. The summed E-state index contributed by atoms with van der Waals surface area (Å²) in [5, 5.41) is 16.6. The Hall–Kier alpha value is -4.34. The number of carbonyl (C=O) groups excluding carboxylic acids is 3. The van der Waals surface area contributed by atoms with E-state index in [1.54, 1.807) is 39.5 Å². The van der Waals surface area contributed by atoms with E-state index in [9.17, 15) is 24.3 Å². The summed E-state index contributed by atoms with van der Waals surface area (Å²) in [6.07, 6.45) is 1.78. The highest BCUT2D eigenvalue weighted by Gasteiger charge is 2.45. The Bertz CT molecular complexity index is 1450. The van der Waals surface area contributed by atoms with Crippen LogP contribution < -0.4 is 10.6 Å². The van der Waals surface area contributed by atoms with Gasteiger partial charge in [-0.25, -0.2) is 4.79 Å². The first-order chi connectivity index (χ1) is 19.7. The first-order valence-electron chi connectivity index (χ1n) is 14.2. The lowest BCUT2D eigenvalue weighted by Gasteiger charge is -2.40. The van der Waals surface area contributed by atoms with Crippen LogP contribution in [0.5, 0.6) is 0 Å². The van der Waals surface area contributed by atoms with Gasteiger partial charge in [0.2, 0.25) is 11.8 Å². The maximum absolute atomic E-state index is 14.0. The van der Waals surface area contributed by atoms with Crippen LogP contribution in [0.1, 0.15) is 58.6 Å². The van der Waals surface area contributed by atoms with Crippen molar-refractivity contribution in [2.24, 2.45) is 0 Å². The molecular formula is C32H40N4O6. The molecule has 2 aromatic carbocycles. The molecule has 4 N–H and O–H groups in total. The van der Waals surface area contributed by atoms with E-state index in [1.807, 2.05) is 60.8 Å². The Morgan fingerprint density at radius 2 is 1.60 bits per heavy atom. The van der Waals surface area contributed by atoms with Gasteiger partial charge in [-0.15, -0.1) is 0 Å². The molecule has 1 aliphatic heterocycles. The quantitative estimate of drug-likeness (QED) is 0.318. The number of alkyl carbamates (subject to hydrolysis) is 1. The summed E-state index contributed by atoms with van der Waals surface area (Å²) in [6, 6.07) is 15.8. The predicted molar refractivity (Wildman–Crippen MR) is 159 cm³/mol. The normalized spacial score (nSPS) is 16.0. The number of H-pyrrole nitrogens is 1. The number of piperidine rings is 1. The van der Waals surface area contributed by atoms with Gasteiger partial charge in [0.25, 0.3) is 0 Å². The standard InChI is InChI=1S/C32H40N4O6/c1-30(2,3)42-29(41)35-31(4,5)27(38)34-25(19-21-20-33-24-14-10-9-13-23(21)24)26(37)36-17-15-32(16-18-36,28(39)40)22-11-7-6-8-12-22/h6-14,20,25,33H,15-19H2,1-5H3,(H,34,38)(H,35,41)(H,39,40). The number of rotatable bonds is 8. The summed E-state index contributed by atoms with van der Waals surface area (Å²) in [6.45, 7) is 8.71. The molecule has 42 heavy (non-hydrogen) atoms. The van der Waals surface area contributed by atoms with Gasteiger partial charge < -0.3 is 30.4 Å². The van der Waals surface area contributed by atoms with E-state index in [-0.39, 0.29) is 38.3 Å². The number of likely N-dealkylation sites (tertiary alicyclic amines) is 1. The topological polar surface area (TPSA) is 141 Å². The molecule has 0 radical (unpaired) electrons. The van der Waals surface area contributed by atoms with Crippen molar-refractivity contribution in [3.8, 4) is 0 Å². The fraction of sp³-hybridized carbons (Fsp3) is 0.438. The average molecular weight is 577 g/mol. The highest BCUT2D eigenvalue weighted by atomic mass is 16.6. The van der Waals surface area contributed by atoms with Crippen molar-refractivity contribution in [2.45, 2.75) is 76.5 Å². The lowest BCUT2D eigenvalue weighted by atomic mass is 9.72. The summed E-state index contributed by atoms with van der Waals surface area (Å²) < 4.78 is 5.32. The van der Waals surface area contributed by atoms with E-state index in [0.29, 0.717) is 5.56 Å². The zero-order valence-electron chi connectivity index (χ0n) is 24.8. The number of nitrogens with one attached hydrogen (secondary N) is 3. The van der Waals surface area contributed by atoms with Crippen LogP contribution in [0.4, 0.5) is 4.79 Å². The summed E-state index contributed by atoms with van der Waals surface area (Å²) in [7, 11) is 0. The molecule has 0 aliphatic carbocycles. The van der Waals surface area contributed by atoms with Crippen molar-refractivity contribution in [2.75, 3.05) is 13.1 Å². The molecule has 1 atom stereocenters. The number of amides is 3. The number of aromatic nitrogens is 1. The predicted octanol–water partition coefficient (Wildman–Crippen LogP) is 4.14. The Morgan fingerprint density at radius 3 is 2.21 bits per heavy atom. The minimum Gasteiger partial charge on any atom is -0.481 e. The second kappa shape index (κ2) is 11.9. The highest BCUT2D eigenvalue weighted by Crippen LogP contribution is 2.36. The number of aliphatic carboxylic acids is 1. The fourth-order valence-electron chi connectivity index (χ4n) is 5.39. The Kier molecular flexibility index (Phi) is 8.65. The van der Waals surface area contributed by atoms with Crippen LogP contribution in [-0.4, -0.2) is 69.1 Å². The summed E-state index contributed by atoms with van der Waals surface area (Å²) >= 11 is 0. The number of benzene rings is 2. The number of hydrogen-bond donors (Lipinski definition) is 4. The lowest BCUT2D eigenvalue weighted by molar-refractivity contribution is -0.149. The summed E-state index contributed by atoms with van der Waals surface area (Å²) in [5.41, 5.74) is -0.749. The van der Waals surface area contributed by atoms with Crippen molar-refractivity contribution in [1.29, 1.82) is 0 Å². The molecule has 1 aliphatic rings. The first-order valence-corrected chi connectivity index (χ1v) is 14.2. The largest absolute Gasteiger partial charge is 0.481 e. The molecule has 10 heteroatoms. The second-order valence-electron chi connectivity index (χ2n) is 12.4. The summed E-state index contributed by atoms with van der Waals surface area (Å²) in [5.74, 6) is -1.78. The van der Waals surface area contributed by atoms with Crippen molar-refractivity contribution >= 4 is 34.8 Å². The molecule has 1 aromatic heterocycles. The molecule has 224 valence electrons. The number of ether oxygens (including phenoxy) is 1. The highest BCUT2D eigenvalue weighted by molar-refractivity contribution is 5.94. The zero-order valence-corrected chi connectivity index (χ0v) is 24.8. The third kappa shape index (κ3) is 6.75. The zero-order chi connectivity index (χ0) is 30.7. The molecular weight excluding hydrogens is 536 g/mol. The van der Waals surface area contributed by atoms with E-state index < -0.39 is 40.6 Å². The molecule has 1 saturated heterocycles. The third-order valence-corrected chi connectivity index (χ3v) is 7.75.